The van der Waals surface area contributed by atoms with Gasteiger partial charge in [-0.1, -0.05) is 54.0 Å². The number of nitro benzene ring substituents is 1. The van der Waals surface area contributed by atoms with E-state index in [4.69, 9.17) is 15.9 Å². The van der Waals surface area contributed by atoms with Crippen molar-refractivity contribution in [3.63, 3.8) is 0 Å². The molecule has 0 aliphatic heterocycles. The number of nitrogen functional groups attached to an aromatic ring is 1. The number of nitro groups is 1. The van der Waals surface area contributed by atoms with Gasteiger partial charge in [-0.05, 0) is 101 Å². The zero-order chi connectivity index (χ0) is 35.1. The van der Waals surface area contributed by atoms with Crippen molar-refractivity contribution < 1.29 is 34.3 Å². The maximum absolute atomic E-state index is 12.3. The van der Waals surface area contributed by atoms with Gasteiger partial charge in [-0.2, -0.15) is 0 Å². The van der Waals surface area contributed by atoms with Gasteiger partial charge in [0.25, 0.3) is 5.69 Å². The number of halogens is 1. The molecule has 4 N–H and O–H groups in total. The van der Waals surface area contributed by atoms with Crippen LogP contribution in [0.3, 0.4) is 0 Å². The predicted molar refractivity (Wildman–Crippen MR) is 184 cm³/mol. The summed E-state index contributed by atoms with van der Waals surface area (Å²) in [4.78, 5) is 57.0. The lowest BCUT2D eigenvalue weighted by Crippen LogP contribution is -2.24. The summed E-state index contributed by atoms with van der Waals surface area (Å²) in [7, 11) is 0. The second kappa shape index (κ2) is 16.5. The van der Waals surface area contributed by atoms with Crippen LogP contribution in [0.25, 0.3) is 0 Å². The first-order valence-electron chi connectivity index (χ1n) is 16.4. The number of carboxylic acids is 2. The van der Waals surface area contributed by atoms with Crippen LogP contribution in [0, 0.1) is 27.9 Å². The number of nitrogens with two attached hydrogens (primary N) is 1. The maximum Gasteiger partial charge on any atom is 0.303 e. The zero-order valence-corrected chi connectivity index (χ0v) is 29.3. The van der Waals surface area contributed by atoms with Gasteiger partial charge >= 0.3 is 11.9 Å². The Morgan fingerprint density at radius 1 is 0.830 bits per heavy atom. The molecule has 2 aromatic carbocycles. The first kappa shape index (κ1) is 37.9. The monoisotopic (exact) mass is 714 g/mol. The molecule has 2 aromatic rings. The summed E-state index contributed by atoms with van der Waals surface area (Å²) in [6.07, 6.45) is 7.20. The Balaban J connectivity index is 0.000000257. The van der Waals surface area contributed by atoms with E-state index in [1.807, 2.05) is 26.0 Å². The summed E-state index contributed by atoms with van der Waals surface area (Å²) >= 11 is 3.30. The minimum Gasteiger partial charge on any atom is -0.481 e. The van der Waals surface area contributed by atoms with Crippen molar-refractivity contribution in [2.45, 2.75) is 108 Å². The zero-order valence-electron chi connectivity index (χ0n) is 27.7. The standard InChI is InChI=1S/C18H22BrNO5.C18H25NO3/c1-18(2,19)17(23)13-7-8-14(15(10-13)20(24)25)12-5-3-11(4-6-12)9-16(21)22;1-11(2)18(22)14-7-8-15(16(19)10-14)13-5-3-12(4-6-13)9-17(20)21/h7-8,10-12H,3-6,9H2,1-2H3,(H,21,22);7-8,10-13H,3-6,9,19H2,1-2H3,(H,20,21). The average molecular weight is 716 g/mol. The fraction of sp³-hybridized carbons (Fsp3) is 0.556. The highest BCUT2D eigenvalue weighted by Crippen LogP contribution is 2.42. The molecule has 2 saturated carbocycles. The predicted octanol–water partition coefficient (Wildman–Crippen LogP) is 8.56. The van der Waals surface area contributed by atoms with E-state index < -0.39 is 21.2 Å². The second-order valence-corrected chi connectivity index (χ2v) is 15.8. The lowest BCUT2D eigenvalue weighted by atomic mass is 9.77. The van der Waals surface area contributed by atoms with Crippen LogP contribution in [0.5, 0.6) is 0 Å². The van der Waals surface area contributed by atoms with Gasteiger partial charge < -0.3 is 15.9 Å². The third-order valence-corrected chi connectivity index (χ3v) is 9.78. The number of benzene rings is 2. The maximum atomic E-state index is 12.3. The van der Waals surface area contributed by atoms with Gasteiger partial charge in [0.05, 0.1) is 9.25 Å². The number of carboxylic acid groups (broad SMARTS) is 2. The molecule has 0 spiro atoms. The van der Waals surface area contributed by atoms with E-state index in [9.17, 15) is 29.3 Å². The van der Waals surface area contributed by atoms with Crippen LogP contribution in [-0.4, -0.2) is 43.0 Å². The van der Waals surface area contributed by atoms with Crippen molar-refractivity contribution in [3.8, 4) is 0 Å². The van der Waals surface area contributed by atoms with Gasteiger partial charge in [-0.15, -0.1) is 0 Å². The van der Waals surface area contributed by atoms with Crippen molar-refractivity contribution in [1.82, 2.24) is 0 Å². The summed E-state index contributed by atoms with van der Waals surface area (Å²) in [5.41, 5.74) is 9.56. The quantitative estimate of drug-likeness (QED) is 0.0676. The third-order valence-electron chi connectivity index (χ3n) is 9.42. The molecule has 2 fully saturated rings. The van der Waals surface area contributed by atoms with E-state index in [-0.39, 0.29) is 53.8 Å². The molecule has 11 heteroatoms. The number of aliphatic carboxylic acids is 2. The Morgan fingerprint density at radius 2 is 1.28 bits per heavy atom. The van der Waals surface area contributed by atoms with Crippen molar-refractivity contribution in [2.24, 2.45) is 17.8 Å². The van der Waals surface area contributed by atoms with Crippen LogP contribution >= 0.6 is 15.9 Å². The molecule has 0 atom stereocenters. The van der Waals surface area contributed by atoms with Crippen LogP contribution in [0.15, 0.2) is 36.4 Å². The van der Waals surface area contributed by atoms with Crippen molar-refractivity contribution in [1.29, 1.82) is 0 Å². The summed E-state index contributed by atoms with van der Waals surface area (Å²) in [6.45, 7) is 7.18. The Labute approximate surface area is 284 Å². The highest BCUT2D eigenvalue weighted by Gasteiger charge is 2.31. The number of hydrogen-bond acceptors (Lipinski definition) is 7. The van der Waals surface area contributed by atoms with Crippen LogP contribution in [0.2, 0.25) is 0 Å². The molecule has 0 saturated heterocycles. The highest BCUT2D eigenvalue weighted by atomic mass is 79.9. The van der Waals surface area contributed by atoms with E-state index in [0.717, 1.165) is 56.9 Å². The normalized spacial score (nSPS) is 21.3. The number of rotatable bonds is 11. The topological polar surface area (TPSA) is 178 Å². The van der Waals surface area contributed by atoms with E-state index in [2.05, 4.69) is 15.9 Å². The molecule has 256 valence electrons. The smallest absolute Gasteiger partial charge is 0.303 e. The third kappa shape index (κ3) is 10.7. The Morgan fingerprint density at radius 3 is 1.68 bits per heavy atom. The van der Waals surface area contributed by atoms with Gasteiger partial charge in [0.2, 0.25) is 0 Å². The molecule has 0 unspecified atom stereocenters. The molecule has 4 rings (SSSR count). The Hall–Kier alpha value is -3.60. The first-order chi connectivity index (χ1) is 22.0. The lowest BCUT2D eigenvalue weighted by molar-refractivity contribution is -0.385. The Bertz CT molecular complexity index is 1470. The average Bonchev–Trinajstić information content (AvgIpc) is 3.00. The van der Waals surface area contributed by atoms with Gasteiger partial charge in [0, 0.05) is 47.2 Å². The molecular weight excluding hydrogens is 668 g/mol. The number of hydrogen-bond donors (Lipinski definition) is 3. The van der Waals surface area contributed by atoms with Crippen molar-refractivity contribution in [2.75, 3.05) is 5.73 Å². The number of nitrogens with zero attached hydrogens (tertiary/aromatic N) is 1. The van der Waals surface area contributed by atoms with Gasteiger partial charge in [-0.25, -0.2) is 0 Å². The number of anilines is 1. The van der Waals surface area contributed by atoms with Crippen LogP contribution < -0.4 is 5.73 Å². The van der Waals surface area contributed by atoms with Gasteiger partial charge in [0.1, 0.15) is 0 Å². The Kier molecular flexibility index (Phi) is 13.3. The molecule has 10 nitrogen and oxygen atoms in total. The molecule has 0 amide bonds. The molecule has 2 aliphatic carbocycles. The molecule has 0 aromatic heterocycles. The molecule has 47 heavy (non-hydrogen) atoms. The number of carbonyl (C=O) groups excluding carboxylic acids is 2. The first-order valence-corrected chi connectivity index (χ1v) is 17.2. The van der Waals surface area contributed by atoms with E-state index in [1.165, 1.54) is 6.07 Å². The van der Waals surface area contributed by atoms with E-state index in [1.54, 1.807) is 32.0 Å². The van der Waals surface area contributed by atoms with E-state index in [0.29, 0.717) is 28.3 Å². The van der Waals surface area contributed by atoms with Crippen molar-refractivity contribution in [3.05, 3.63) is 68.8 Å². The number of carbonyl (C=O) groups is 4. The fourth-order valence-electron chi connectivity index (χ4n) is 6.81. The minimum absolute atomic E-state index is 0.0238. The summed E-state index contributed by atoms with van der Waals surface area (Å²) in [6, 6.07) is 10.3. The van der Waals surface area contributed by atoms with E-state index >= 15 is 0 Å². The number of ketones is 2. The SMILES string of the molecule is CC(C)(Br)C(=O)c1ccc(C2CCC(CC(=O)O)CC2)c([N+](=O)[O-])c1.CC(C)C(=O)c1ccc(C2CCC(CC(=O)O)CC2)c(N)c1. The molecule has 0 radical (unpaired) electrons. The molecular formula is C36H47BrN2O8. The fourth-order valence-corrected chi connectivity index (χ4v) is 7.04. The number of Topliss-reactive ketones (excluding diaryl/α,β-unsaturated/α-hetero) is 2. The highest BCUT2D eigenvalue weighted by molar-refractivity contribution is 9.10. The molecule has 0 bridgehead atoms. The van der Waals surface area contributed by atoms with Crippen molar-refractivity contribution >= 4 is 50.8 Å². The largest absolute Gasteiger partial charge is 0.481 e. The minimum atomic E-state index is -0.797. The van der Waals surface area contributed by atoms with Crippen LogP contribution in [0.1, 0.15) is 136 Å². The van der Waals surface area contributed by atoms with Crippen LogP contribution in [0.4, 0.5) is 11.4 Å². The summed E-state index contributed by atoms with van der Waals surface area (Å²) < 4.78 is -0.780. The van der Waals surface area contributed by atoms with Gasteiger partial charge in [0.15, 0.2) is 11.6 Å². The summed E-state index contributed by atoms with van der Waals surface area (Å²) in [5, 5.41) is 29.3. The second-order valence-electron chi connectivity index (χ2n) is 13.8. The van der Waals surface area contributed by atoms with Crippen LogP contribution in [-0.2, 0) is 9.59 Å². The summed E-state index contributed by atoms with van der Waals surface area (Å²) in [5.74, 6) is -0.777. The molecule has 0 heterocycles. The lowest BCUT2D eigenvalue weighted by Gasteiger charge is -2.28. The van der Waals surface area contributed by atoms with Gasteiger partial charge in [-0.3, -0.25) is 29.3 Å². The number of alkyl halides is 1. The molecule has 2 aliphatic rings.